The van der Waals surface area contributed by atoms with E-state index in [0.29, 0.717) is 0 Å². The van der Waals surface area contributed by atoms with E-state index in [2.05, 4.69) is 27.2 Å². The first kappa shape index (κ1) is 13.5. The standard InChI is InChI=1S/C13H21ClNO/c1-10(16)8-13(15(2,3)4)11-6-5-7-12(14)9-11/h5-7,9-10,13,16H,8H2,1-4H3/q+1. The molecule has 0 bridgehead atoms. The third kappa shape index (κ3) is 3.78. The summed E-state index contributed by atoms with van der Waals surface area (Å²) >= 11 is 6.01. The van der Waals surface area contributed by atoms with Gasteiger partial charge in [0.1, 0.15) is 6.04 Å². The summed E-state index contributed by atoms with van der Waals surface area (Å²) in [6.07, 6.45) is 0.436. The Hall–Kier alpha value is -0.570. The molecule has 0 saturated carbocycles. The maximum Gasteiger partial charge on any atom is 0.117 e. The molecule has 0 radical (unpaired) electrons. The van der Waals surface area contributed by atoms with Crippen molar-refractivity contribution in [3.8, 4) is 0 Å². The molecule has 1 aromatic rings. The topological polar surface area (TPSA) is 20.2 Å². The van der Waals surface area contributed by atoms with Gasteiger partial charge in [0.2, 0.25) is 0 Å². The van der Waals surface area contributed by atoms with Gasteiger partial charge in [0.25, 0.3) is 0 Å². The Labute approximate surface area is 103 Å². The Bertz CT molecular complexity index is 344. The van der Waals surface area contributed by atoms with E-state index in [1.807, 2.05) is 25.1 Å². The average molecular weight is 243 g/mol. The maximum absolute atomic E-state index is 9.57. The van der Waals surface area contributed by atoms with Gasteiger partial charge in [0.05, 0.1) is 27.2 Å². The van der Waals surface area contributed by atoms with Crippen LogP contribution in [0.2, 0.25) is 5.02 Å². The first-order chi connectivity index (χ1) is 7.30. The van der Waals surface area contributed by atoms with Gasteiger partial charge in [-0.15, -0.1) is 0 Å². The van der Waals surface area contributed by atoms with Crippen LogP contribution in [0.5, 0.6) is 0 Å². The average Bonchev–Trinajstić information content (AvgIpc) is 2.12. The minimum Gasteiger partial charge on any atom is -0.393 e. The van der Waals surface area contributed by atoms with Crippen LogP contribution in [0, 0.1) is 0 Å². The first-order valence-corrected chi connectivity index (χ1v) is 5.93. The normalized spacial score (nSPS) is 15.9. The van der Waals surface area contributed by atoms with Crippen LogP contribution in [0.25, 0.3) is 0 Å². The van der Waals surface area contributed by atoms with Crippen LogP contribution in [0.4, 0.5) is 0 Å². The summed E-state index contributed by atoms with van der Waals surface area (Å²) in [5.74, 6) is 0. The summed E-state index contributed by atoms with van der Waals surface area (Å²) < 4.78 is 0.783. The third-order valence-electron chi connectivity index (χ3n) is 2.73. The summed E-state index contributed by atoms with van der Waals surface area (Å²) in [4.78, 5) is 0. The van der Waals surface area contributed by atoms with E-state index in [0.717, 1.165) is 15.9 Å². The van der Waals surface area contributed by atoms with Crippen LogP contribution in [0.15, 0.2) is 24.3 Å². The van der Waals surface area contributed by atoms with Gasteiger partial charge in [0, 0.05) is 17.0 Å². The molecule has 1 N–H and O–H groups in total. The lowest BCUT2D eigenvalue weighted by atomic mass is 9.98. The second-order valence-electron chi connectivity index (χ2n) is 5.27. The Balaban J connectivity index is 3.01. The second kappa shape index (κ2) is 5.17. The number of nitrogens with zero attached hydrogens (tertiary/aromatic N) is 1. The number of quaternary nitrogens is 1. The zero-order valence-corrected chi connectivity index (χ0v) is 11.2. The molecule has 1 rings (SSSR count). The van der Waals surface area contributed by atoms with Crippen molar-refractivity contribution in [1.82, 2.24) is 0 Å². The monoisotopic (exact) mass is 242 g/mol. The minimum absolute atomic E-state index is 0.263. The van der Waals surface area contributed by atoms with Crippen LogP contribution < -0.4 is 0 Å². The van der Waals surface area contributed by atoms with E-state index in [-0.39, 0.29) is 12.1 Å². The molecule has 90 valence electrons. The van der Waals surface area contributed by atoms with Crippen molar-refractivity contribution in [3.05, 3.63) is 34.9 Å². The highest BCUT2D eigenvalue weighted by Gasteiger charge is 2.27. The number of aliphatic hydroxyl groups excluding tert-OH is 1. The van der Waals surface area contributed by atoms with Gasteiger partial charge in [-0.1, -0.05) is 23.7 Å². The Morgan fingerprint density at radius 3 is 2.38 bits per heavy atom. The lowest BCUT2D eigenvalue weighted by molar-refractivity contribution is -0.903. The molecule has 0 aliphatic heterocycles. The fourth-order valence-corrected chi connectivity index (χ4v) is 2.14. The van der Waals surface area contributed by atoms with Crippen molar-refractivity contribution in [2.24, 2.45) is 0 Å². The fourth-order valence-electron chi connectivity index (χ4n) is 1.94. The van der Waals surface area contributed by atoms with E-state index in [9.17, 15) is 5.11 Å². The molecule has 0 spiro atoms. The Kier molecular flexibility index (Phi) is 4.36. The first-order valence-electron chi connectivity index (χ1n) is 5.55. The lowest BCUT2D eigenvalue weighted by Crippen LogP contribution is -2.40. The highest BCUT2D eigenvalue weighted by Crippen LogP contribution is 2.29. The fraction of sp³-hybridized carbons (Fsp3) is 0.538. The summed E-state index contributed by atoms with van der Waals surface area (Å²) in [7, 11) is 6.40. The highest BCUT2D eigenvalue weighted by molar-refractivity contribution is 6.30. The number of hydrogen-bond acceptors (Lipinski definition) is 1. The van der Waals surface area contributed by atoms with E-state index < -0.39 is 0 Å². The summed E-state index contributed by atoms with van der Waals surface area (Å²) in [5.41, 5.74) is 1.18. The highest BCUT2D eigenvalue weighted by atomic mass is 35.5. The summed E-state index contributed by atoms with van der Waals surface area (Å²) in [6.45, 7) is 1.83. The second-order valence-corrected chi connectivity index (χ2v) is 5.71. The predicted molar refractivity (Wildman–Crippen MR) is 68.5 cm³/mol. The van der Waals surface area contributed by atoms with Crippen LogP contribution in [-0.2, 0) is 0 Å². The van der Waals surface area contributed by atoms with Crippen LogP contribution in [0.3, 0.4) is 0 Å². The lowest BCUT2D eigenvalue weighted by Gasteiger charge is -2.35. The van der Waals surface area contributed by atoms with Gasteiger partial charge in [0.15, 0.2) is 0 Å². The van der Waals surface area contributed by atoms with E-state index in [1.54, 1.807) is 0 Å². The Morgan fingerprint density at radius 1 is 1.31 bits per heavy atom. The molecule has 0 aromatic heterocycles. The van der Waals surface area contributed by atoms with Gasteiger partial charge in [-0.3, -0.25) is 0 Å². The number of benzene rings is 1. The minimum atomic E-state index is -0.304. The maximum atomic E-state index is 9.57. The molecule has 3 heteroatoms. The van der Waals surface area contributed by atoms with Crippen molar-refractivity contribution >= 4 is 11.6 Å². The third-order valence-corrected chi connectivity index (χ3v) is 2.97. The van der Waals surface area contributed by atoms with Crippen LogP contribution in [-0.4, -0.2) is 36.8 Å². The molecular weight excluding hydrogens is 222 g/mol. The molecular formula is C13H21ClNO+. The van der Waals surface area contributed by atoms with E-state index in [1.165, 1.54) is 5.56 Å². The zero-order valence-electron chi connectivity index (χ0n) is 10.4. The SMILES string of the molecule is CC(O)CC(c1cccc(Cl)c1)[N+](C)(C)C. The number of aliphatic hydroxyl groups is 1. The largest absolute Gasteiger partial charge is 0.393 e. The van der Waals surface area contributed by atoms with Gasteiger partial charge < -0.3 is 9.59 Å². The molecule has 0 fully saturated rings. The van der Waals surface area contributed by atoms with Crippen molar-refractivity contribution < 1.29 is 9.59 Å². The molecule has 0 saturated heterocycles. The van der Waals surface area contributed by atoms with Gasteiger partial charge in [-0.25, -0.2) is 0 Å². The number of rotatable bonds is 4. The Morgan fingerprint density at radius 2 is 1.94 bits per heavy atom. The molecule has 2 atom stereocenters. The van der Waals surface area contributed by atoms with Crippen LogP contribution in [0.1, 0.15) is 24.9 Å². The summed E-state index contributed by atoms with van der Waals surface area (Å²) in [5, 5.41) is 10.3. The molecule has 0 amide bonds. The number of halogens is 1. The van der Waals surface area contributed by atoms with Gasteiger partial charge in [-0.2, -0.15) is 0 Å². The van der Waals surface area contributed by atoms with E-state index >= 15 is 0 Å². The molecule has 2 nitrogen and oxygen atoms in total. The van der Waals surface area contributed by atoms with Crippen molar-refractivity contribution in [1.29, 1.82) is 0 Å². The quantitative estimate of drug-likeness (QED) is 0.805. The van der Waals surface area contributed by atoms with Crippen molar-refractivity contribution in [2.45, 2.75) is 25.5 Å². The smallest absolute Gasteiger partial charge is 0.117 e. The molecule has 16 heavy (non-hydrogen) atoms. The summed E-state index contributed by atoms with van der Waals surface area (Å²) in [6, 6.07) is 8.15. The van der Waals surface area contributed by atoms with E-state index in [4.69, 9.17) is 11.6 Å². The van der Waals surface area contributed by atoms with Crippen LogP contribution >= 0.6 is 11.6 Å². The molecule has 2 unspecified atom stereocenters. The number of hydrogen-bond donors (Lipinski definition) is 1. The predicted octanol–water partition coefficient (Wildman–Crippen LogP) is 2.86. The van der Waals surface area contributed by atoms with Crippen molar-refractivity contribution in [2.75, 3.05) is 21.1 Å². The van der Waals surface area contributed by atoms with Crippen molar-refractivity contribution in [3.63, 3.8) is 0 Å². The molecule has 0 aliphatic rings. The zero-order chi connectivity index (χ0) is 12.3. The molecule has 1 aromatic carbocycles. The molecule has 0 heterocycles. The molecule has 0 aliphatic carbocycles. The van der Waals surface area contributed by atoms with Gasteiger partial charge in [-0.05, 0) is 19.1 Å². The van der Waals surface area contributed by atoms with Gasteiger partial charge >= 0.3 is 0 Å².